The molecule has 0 N–H and O–H groups in total. The van der Waals surface area contributed by atoms with Crippen molar-refractivity contribution >= 4 is 5.91 Å². The lowest BCUT2D eigenvalue weighted by atomic mass is 10.1. The van der Waals surface area contributed by atoms with E-state index < -0.39 is 28.7 Å². The summed E-state index contributed by atoms with van der Waals surface area (Å²) in [5.41, 5.74) is -0.498. The van der Waals surface area contributed by atoms with E-state index in [-0.39, 0.29) is 12.2 Å². The van der Waals surface area contributed by atoms with E-state index in [1.807, 2.05) is 25.1 Å². The average molecular weight is 410 g/mol. The minimum Gasteiger partial charge on any atom is -0.338 e. The molecule has 1 amide bonds. The molecule has 0 saturated heterocycles. The number of para-hydroxylation sites is 1. The van der Waals surface area contributed by atoms with Crippen molar-refractivity contribution in [2.24, 2.45) is 0 Å². The molecule has 0 aliphatic heterocycles. The highest BCUT2D eigenvalue weighted by atomic mass is 19.1. The van der Waals surface area contributed by atoms with Crippen LogP contribution < -0.4 is 11.2 Å². The van der Waals surface area contributed by atoms with Gasteiger partial charge in [0.15, 0.2) is 0 Å². The number of carbonyl (C=O) groups is 1. The number of rotatable bonds is 6. The Kier molecular flexibility index (Phi) is 6.25. The Morgan fingerprint density at radius 2 is 1.77 bits per heavy atom. The largest absolute Gasteiger partial charge is 0.352 e. The Bertz CT molecular complexity index is 1200. The molecule has 1 aromatic heterocycles. The fraction of sp³-hybridized carbons (Fsp3) is 0.273. The maximum atomic E-state index is 14.4. The maximum Gasteiger partial charge on any atom is 0.352 e. The lowest BCUT2D eigenvalue weighted by Crippen LogP contribution is -2.47. The first-order chi connectivity index (χ1) is 14.4. The molecule has 8 heteroatoms. The molecule has 0 fully saturated rings. The summed E-state index contributed by atoms with van der Waals surface area (Å²) >= 11 is 0. The number of hydrogen-bond acceptors (Lipinski definition) is 4. The van der Waals surface area contributed by atoms with Crippen LogP contribution in [0.5, 0.6) is 0 Å². The summed E-state index contributed by atoms with van der Waals surface area (Å²) in [7, 11) is 0. The molecule has 30 heavy (non-hydrogen) atoms. The van der Waals surface area contributed by atoms with Gasteiger partial charge in [-0.2, -0.15) is 9.78 Å². The van der Waals surface area contributed by atoms with Crippen LogP contribution in [0.4, 0.5) is 4.39 Å². The Labute approximate surface area is 173 Å². The van der Waals surface area contributed by atoms with Gasteiger partial charge >= 0.3 is 5.69 Å². The summed E-state index contributed by atoms with van der Waals surface area (Å²) in [6.07, 6.45) is 0. The van der Waals surface area contributed by atoms with E-state index in [4.69, 9.17) is 0 Å². The molecule has 0 spiro atoms. The first-order valence-corrected chi connectivity index (χ1v) is 9.71. The molecule has 0 bridgehead atoms. The Hall–Kier alpha value is -3.55. The van der Waals surface area contributed by atoms with E-state index in [2.05, 4.69) is 5.10 Å². The molecule has 2 aromatic carbocycles. The minimum absolute atomic E-state index is 0.0607. The predicted molar refractivity (Wildman–Crippen MR) is 112 cm³/mol. The number of carbonyl (C=O) groups excluding carboxylic acids is 1. The SMILES string of the molecule is CCN(CC)C(=O)c1nn(-c2ccccc2F)c(=O)n(Cc2cccc(C)c2)c1=O. The van der Waals surface area contributed by atoms with Gasteiger partial charge in [0.25, 0.3) is 11.5 Å². The van der Waals surface area contributed by atoms with E-state index in [1.165, 1.54) is 23.1 Å². The third-order valence-electron chi connectivity index (χ3n) is 4.82. The number of benzene rings is 2. The fourth-order valence-electron chi connectivity index (χ4n) is 3.22. The second kappa shape index (κ2) is 8.86. The highest BCUT2D eigenvalue weighted by molar-refractivity contribution is 5.91. The van der Waals surface area contributed by atoms with Gasteiger partial charge in [0, 0.05) is 13.1 Å². The van der Waals surface area contributed by atoms with E-state index in [1.54, 1.807) is 26.0 Å². The number of nitrogens with zero attached hydrogens (tertiary/aromatic N) is 4. The summed E-state index contributed by atoms with van der Waals surface area (Å²) in [5.74, 6) is -1.29. The normalized spacial score (nSPS) is 10.8. The second-order valence-electron chi connectivity index (χ2n) is 6.85. The minimum atomic E-state index is -0.817. The quantitative estimate of drug-likeness (QED) is 0.625. The van der Waals surface area contributed by atoms with Crippen molar-refractivity contribution in [1.29, 1.82) is 0 Å². The van der Waals surface area contributed by atoms with Crippen molar-refractivity contribution < 1.29 is 9.18 Å². The van der Waals surface area contributed by atoms with Gasteiger partial charge in [0.1, 0.15) is 11.5 Å². The van der Waals surface area contributed by atoms with Crippen LogP contribution in [0.2, 0.25) is 0 Å². The van der Waals surface area contributed by atoms with E-state index in [9.17, 15) is 18.8 Å². The van der Waals surface area contributed by atoms with Gasteiger partial charge in [-0.05, 0) is 38.5 Å². The first kappa shape index (κ1) is 21.2. The molecule has 0 aliphatic carbocycles. The molecule has 0 unspecified atom stereocenters. The van der Waals surface area contributed by atoms with E-state index >= 15 is 0 Å². The van der Waals surface area contributed by atoms with Crippen LogP contribution in [0, 0.1) is 12.7 Å². The molecular formula is C22H23FN4O3. The predicted octanol–water partition coefficient (Wildman–Crippen LogP) is 2.37. The van der Waals surface area contributed by atoms with Gasteiger partial charge < -0.3 is 4.90 Å². The van der Waals surface area contributed by atoms with Gasteiger partial charge in [-0.15, -0.1) is 0 Å². The molecular weight excluding hydrogens is 387 g/mol. The van der Waals surface area contributed by atoms with Crippen molar-refractivity contribution in [1.82, 2.24) is 19.2 Å². The first-order valence-electron chi connectivity index (χ1n) is 9.71. The summed E-state index contributed by atoms with van der Waals surface area (Å²) in [5, 5.41) is 3.98. The molecule has 0 aliphatic rings. The zero-order chi connectivity index (χ0) is 21.8. The number of aryl methyl sites for hydroxylation is 1. The van der Waals surface area contributed by atoms with Crippen LogP contribution in [0.3, 0.4) is 0 Å². The molecule has 7 nitrogen and oxygen atoms in total. The molecule has 0 saturated carbocycles. The van der Waals surface area contributed by atoms with Gasteiger partial charge in [-0.3, -0.25) is 14.2 Å². The zero-order valence-corrected chi connectivity index (χ0v) is 17.1. The Balaban J connectivity index is 2.27. The van der Waals surface area contributed by atoms with Crippen molar-refractivity contribution in [3.63, 3.8) is 0 Å². The van der Waals surface area contributed by atoms with Crippen molar-refractivity contribution in [3.05, 3.63) is 92.0 Å². The van der Waals surface area contributed by atoms with E-state index in [0.29, 0.717) is 18.7 Å². The molecule has 3 aromatic rings. The maximum absolute atomic E-state index is 14.4. The number of aromatic nitrogens is 3. The summed E-state index contributed by atoms with van der Waals surface area (Å²) in [6.45, 7) is 6.13. The topological polar surface area (TPSA) is 77.2 Å². The number of hydrogen-bond donors (Lipinski definition) is 0. The van der Waals surface area contributed by atoms with Crippen LogP contribution in [0.15, 0.2) is 58.1 Å². The highest BCUT2D eigenvalue weighted by Gasteiger charge is 2.24. The van der Waals surface area contributed by atoms with Crippen LogP contribution in [0.1, 0.15) is 35.5 Å². The lowest BCUT2D eigenvalue weighted by Gasteiger charge is -2.19. The van der Waals surface area contributed by atoms with Gasteiger partial charge in [-0.25, -0.2) is 9.18 Å². The zero-order valence-electron chi connectivity index (χ0n) is 17.1. The number of amides is 1. The van der Waals surface area contributed by atoms with Crippen LogP contribution in [-0.4, -0.2) is 38.2 Å². The summed E-state index contributed by atoms with van der Waals surface area (Å²) in [6, 6.07) is 12.9. The Morgan fingerprint density at radius 3 is 2.40 bits per heavy atom. The molecule has 0 atom stereocenters. The molecule has 156 valence electrons. The van der Waals surface area contributed by atoms with Crippen molar-refractivity contribution in [2.75, 3.05) is 13.1 Å². The monoisotopic (exact) mass is 410 g/mol. The van der Waals surface area contributed by atoms with Crippen LogP contribution >= 0.6 is 0 Å². The Morgan fingerprint density at radius 1 is 1.07 bits per heavy atom. The van der Waals surface area contributed by atoms with Crippen molar-refractivity contribution in [3.8, 4) is 5.69 Å². The van der Waals surface area contributed by atoms with E-state index in [0.717, 1.165) is 14.8 Å². The van der Waals surface area contributed by atoms with Gasteiger partial charge in [-0.1, -0.05) is 42.0 Å². The second-order valence-corrected chi connectivity index (χ2v) is 6.85. The van der Waals surface area contributed by atoms with Gasteiger partial charge in [0.2, 0.25) is 5.69 Å². The lowest BCUT2D eigenvalue weighted by molar-refractivity contribution is 0.0761. The summed E-state index contributed by atoms with van der Waals surface area (Å²) in [4.78, 5) is 40.5. The van der Waals surface area contributed by atoms with Crippen molar-refractivity contribution in [2.45, 2.75) is 27.3 Å². The van der Waals surface area contributed by atoms with Crippen LogP contribution in [0.25, 0.3) is 5.69 Å². The number of halogens is 1. The standard InChI is InChI=1S/C22H23FN4O3/c1-4-25(5-2)20(28)19-21(29)26(14-16-10-8-9-15(3)13-16)22(30)27(24-19)18-12-7-6-11-17(18)23/h6-13H,4-5,14H2,1-3H3. The molecule has 1 heterocycles. The molecule has 0 radical (unpaired) electrons. The smallest absolute Gasteiger partial charge is 0.338 e. The van der Waals surface area contributed by atoms with Gasteiger partial charge in [0.05, 0.1) is 6.54 Å². The van der Waals surface area contributed by atoms with Crippen LogP contribution in [-0.2, 0) is 6.54 Å². The fourth-order valence-corrected chi connectivity index (χ4v) is 3.22. The highest BCUT2D eigenvalue weighted by Crippen LogP contribution is 2.10. The average Bonchev–Trinajstić information content (AvgIpc) is 2.73. The third kappa shape index (κ3) is 4.07. The summed E-state index contributed by atoms with van der Waals surface area (Å²) < 4.78 is 16.1. The third-order valence-corrected chi connectivity index (χ3v) is 4.82. The molecule has 3 rings (SSSR count).